The molecule has 0 unspecified atom stereocenters. The molecule has 0 aromatic rings. The molecule has 0 N–H and O–H groups in total. The molecule has 0 amide bonds. The van der Waals surface area contributed by atoms with Crippen LogP contribution >= 0.6 is 0 Å². The van der Waals surface area contributed by atoms with E-state index in [1.165, 1.54) is 12.8 Å². The van der Waals surface area contributed by atoms with E-state index in [-0.39, 0.29) is 12.2 Å². The minimum atomic E-state index is -1.65. The molecule has 20 heavy (non-hydrogen) atoms. The highest BCUT2D eigenvalue weighted by atomic mass is 28.4. The molecule has 1 aliphatic carbocycles. The van der Waals surface area contributed by atoms with Crippen LogP contribution in [0.2, 0.25) is 19.6 Å². The Morgan fingerprint density at radius 2 is 1.70 bits per heavy atom. The summed E-state index contributed by atoms with van der Waals surface area (Å²) in [6, 6.07) is 0. The van der Waals surface area contributed by atoms with Crippen molar-refractivity contribution in [3.63, 3.8) is 0 Å². The van der Waals surface area contributed by atoms with Gasteiger partial charge >= 0.3 is 0 Å². The van der Waals surface area contributed by atoms with E-state index in [0.29, 0.717) is 13.2 Å². The molecule has 4 nitrogen and oxygen atoms in total. The van der Waals surface area contributed by atoms with Crippen LogP contribution in [-0.2, 0) is 18.6 Å². The zero-order valence-electron chi connectivity index (χ0n) is 13.6. The van der Waals surface area contributed by atoms with Gasteiger partial charge in [0.2, 0.25) is 0 Å². The summed E-state index contributed by atoms with van der Waals surface area (Å²) in [7, 11) is 1.75. The maximum Gasteiger partial charge on any atom is 0.184 e. The van der Waals surface area contributed by atoms with Crippen LogP contribution in [0.4, 0.5) is 0 Å². The van der Waals surface area contributed by atoms with Crippen molar-refractivity contribution in [2.75, 3.05) is 27.4 Å². The molecule has 0 aromatic carbocycles. The Balaban J connectivity index is 2.69. The molecule has 118 valence electrons. The highest BCUT2D eigenvalue weighted by molar-refractivity contribution is 6.69. The number of ether oxygens (including phenoxy) is 3. The lowest BCUT2D eigenvalue weighted by Gasteiger charge is -2.33. The first-order valence-corrected chi connectivity index (χ1v) is 10.9. The quantitative estimate of drug-likeness (QED) is 0.612. The summed E-state index contributed by atoms with van der Waals surface area (Å²) in [5.74, 6) is 1.08. The van der Waals surface area contributed by atoms with Gasteiger partial charge in [0, 0.05) is 20.6 Å². The second-order valence-corrected chi connectivity index (χ2v) is 10.7. The Kier molecular flexibility index (Phi) is 7.80. The molecule has 0 fully saturated rings. The van der Waals surface area contributed by atoms with Crippen LogP contribution in [-0.4, -0.2) is 48.0 Å². The van der Waals surface area contributed by atoms with Crippen LogP contribution in [0.1, 0.15) is 25.7 Å². The van der Waals surface area contributed by atoms with E-state index in [1.54, 1.807) is 14.2 Å². The van der Waals surface area contributed by atoms with Crippen LogP contribution in [0.25, 0.3) is 0 Å². The number of allylic oxidation sites excluding steroid dienone is 2. The van der Waals surface area contributed by atoms with Crippen LogP contribution in [0.5, 0.6) is 0 Å². The molecule has 0 spiro atoms. The third kappa shape index (κ3) is 6.88. The molecule has 0 aliphatic heterocycles. The number of methoxy groups -OCH3 is 2. The van der Waals surface area contributed by atoms with Crippen molar-refractivity contribution in [1.82, 2.24) is 0 Å². The van der Waals surface area contributed by atoms with Crippen molar-refractivity contribution in [3.05, 3.63) is 11.8 Å². The molecule has 1 aliphatic rings. The lowest BCUT2D eigenvalue weighted by Crippen LogP contribution is -2.44. The highest BCUT2D eigenvalue weighted by Crippen LogP contribution is 2.22. The third-order valence-electron chi connectivity index (χ3n) is 3.13. The Morgan fingerprint density at radius 3 is 2.20 bits per heavy atom. The largest absolute Gasteiger partial charge is 0.490 e. The van der Waals surface area contributed by atoms with Crippen molar-refractivity contribution in [2.45, 2.75) is 57.5 Å². The maximum absolute atomic E-state index is 6.22. The minimum absolute atomic E-state index is 0.0746. The molecule has 2 atom stereocenters. The van der Waals surface area contributed by atoms with Crippen molar-refractivity contribution in [3.8, 4) is 0 Å². The summed E-state index contributed by atoms with van der Waals surface area (Å²) >= 11 is 0. The van der Waals surface area contributed by atoms with Crippen LogP contribution in [0.15, 0.2) is 11.8 Å². The fraction of sp³-hybridized carbons (Fsp3) is 0.867. The summed E-state index contributed by atoms with van der Waals surface area (Å²) in [6.07, 6.45) is 6.62. The lowest BCUT2D eigenvalue weighted by molar-refractivity contribution is -0.0642. The summed E-state index contributed by atoms with van der Waals surface area (Å²) in [6.45, 7) is 7.60. The maximum atomic E-state index is 6.22. The number of rotatable bonds is 9. The van der Waals surface area contributed by atoms with Gasteiger partial charge in [0.05, 0.1) is 19.0 Å². The van der Waals surface area contributed by atoms with Crippen LogP contribution in [0, 0.1) is 0 Å². The molecule has 0 saturated carbocycles. The molecule has 0 heterocycles. The van der Waals surface area contributed by atoms with E-state index < -0.39 is 8.32 Å². The molecular formula is C15H30O4Si. The predicted molar refractivity (Wildman–Crippen MR) is 83.4 cm³/mol. The van der Waals surface area contributed by atoms with Crippen LogP contribution in [0.3, 0.4) is 0 Å². The second-order valence-electron chi connectivity index (χ2n) is 6.25. The monoisotopic (exact) mass is 302 g/mol. The average Bonchev–Trinajstić information content (AvgIpc) is 2.37. The van der Waals surface area contributed by atoms with Crippen molar-refractivity contribution in [2.24, 2.45) is 0 Å². The molecule has 5 heteroatoms. The smallest absolute Gasteiger partial charge is 0.184 e. The van der Waals surface area contributed by atoms with Crippen molar-refractivity contribution in [1.29, 1.82) is 0 Å². The van der Waals surface area contributed by atoms with Gasteiger partial charge in [-0.1, -0.05) is 0 Å². The van der Waals surface area contributed by atoms with Gasteiger partial charge in [-0.2, -0.15) is 0 Å². The molecule has 0 saturated heterocycles. The Hall–Kier alpha value is -0.363. The molecule has 0 radical (unpaired) electrons. The fourth-order valence-electron chi connectivity index (χ4n) is 2.33. The van der Waals surface area contributed by atoms with E-state index in [4.69, 9.17) is 18.6 Å². The molecular weight excluding hydrogens is 272 g/mol. The van der Waals surface area contributed by atoms with Crippen LogP contribution < -0.4 is 0 Å². The van der Waals surface area contributed by atoms with E-state index >= 15 is 0 Å². The van der Waals surface area contributed by atoms with Crippen molar-refractivity contribution >= 4 is 8.32 Å². The van der Waals surface area contributed by atoms with Gasteiger partial charge in [0.25, 0.3) is 0 Å². The first-order valence-electron chi connectivity index (χ1n) is 7.47. The second kappa shape index (κ2) is 8.82. The summed E-state index contributed by atoms with van der Waals surface area (Å²) < 4.78 is 23.0. The van der Waals surface area contributed by atoms with E-state index in [9.17, 15) is 0 Å². The van der Waals surface area contributed by atoms with Gasteiger partial charge in [-0.25, -0.2) is 0 Å². The van der Waals surface area contributed by atoms with E-state index in [1.807, 2.05) is 0 Å². The average molecular weight is 302 g/mol. The first-order chi connectivity index (χ1) is 9.46. The van der Waals surface area contributed by atoms with Gasteiger partial charge in [-0.05, 0) is 45.0 Å². The van der Waals surface area contributed by atoms with Crippen molar-refractivity contribution < 1.29 is 18.6 Å². The fourth-order valence-corrected chi connectivity index (χ4v) is 3.46. The van der Waals surface area contributed by atoms with Gasteiger partial charge < -0.3 is 18.6 Å². The lowest BCUT2D eigenvalue weighted by atomic mass is 10.1. The number of hydrogen-bond acceptors (Lipinski definition) is 4. The Labute approximate surface area is 124 Å². The topological polar surface area (TPSA) is 36.9 Å². The van der Waals surface area contributed by atoms with E-state index in [0.717, 1.165) is 18.6 Å². The number of hydrogen-bond donors (Lipinski definition) is 0. The summed E-state index contributed by atoms with van der Waals surface area (Å²) in [5.41, 5.74) is 0. The van der Waals surface area contributed by atoms with Gasteiger partial charge in [0.15, 0.2) is 8.32 Å². The Bertz CT molecular complexity index is 299. The molecule has 0 aromatic heterocycles. The first kappa shape index (κ1) is 17.7. The normalized spacial score (nSPS) is 19.4. The minimum Gasteiger partial charge on any atom is -0.490 e. The van der Waals surface area contributed by atoms with Gasteiger partial charge in [-0.15, -0.1) is 0 Å². The summed E-state index contributed by atoms with van der Waals surface area (Å²) in [4.78, 5) is 0. The Morgan fingerprint density at radius 1 is 1.05 bits per heavy atom. The standard InChI is InChI=1S/C15H30O4Si/c1-16-11-14(18-13-9-7-6-8-10-13)15(12-17-2)19-20(3,4)5/h9,14-15H,6-8,10-12H2,1-5H3/t14-,15-/m1/s1. The SMILES string of the molecule is COC[C@@H](OC1=CCCCC1)[C@@H](COC)O[Si](C)(C)C. The third-order valence-corrected chi connectivity index (χ3v) is 4.14. The van der Waals surface area contributed by atoms with E-state index in [2.05, 4.69) is 25.7 Å². The molecule has 0 bridgehead atoms. The summed E-state index contributed by atoms with van der Waals surface area (Å²) in [5, 5.41) is 0. The zero-order chi connectivity index (χ0) is 15.0. The zero-order valence-corrected chi connectivity index (χ0v) is 14.6. The van der Waals surface area contributed by atoms with Gasteiger partial charge in [-0.3, -0.25) is 0 Å². The van der Waals surface area contributed by atoms with Gasteiger partial charge in [0.1, 0.15) is 12.2 Å². The predicted octanol–water partition coefficient (Wildman–Crippen LogP) is 3.34. The molecule has 1 rings (SSSR count). The highest BCUT2D eigenvalue weighted by Gasteiger charge is 2.30.